The SMILES string of the molecule is CNC(c1ccc(Cl)c(Cl)c1)C1CCOC1. The van der Waals surface area contributed by atoms with Gasteiger partial charge in [0.05, 0.1) is 16.7 Å². The van der Waals surface area contributed by atoms with Crippen LogP contribution in [0.15, 0.2) is 18.2 Å². The molecule has 1 fully saturated rings. The number of hydrogen-bond donors (Lipinski definition) is 1. The second-order valence-electron chi connectivity index (χ2n) is 4.06. The van der Waals surface area contributed by atoms with Gasteiger partial charge in [0.15, 0.2) is 0 Å². The van der Waals surface area contributed by atoms with Gasteiger partial charge < -0.3 is 10.1 Å². The first-order valence-corrected chi connectivity index (χ1v) is 6.18. The van der Waals surface area contributed by atoms with Crippen molar-refractivity contribution in [1.29, 1.82) is 0 Å². The van der Waals surface area contributed by atoms with Gasteiger partial charge in [-0.2, -0.15) is 0 Å². The lowest BCUT2D eigenvalue weighted by Gasteiger charge is -2.22. The van der Waals surface area contributed by atoms with Gasteiger partial charge in [0, 0.05) is 18.6 Å². The minimum Gasteiger partial charge on any atom is -0.381 e. The predicted octanol–water partition coefficient (Wildman–Crippen LogP) is 3.29. The number of benzene rings is 1. The number of hydrogen-bond acceptors (Lipinski definition) is 2. The monoisotopic (exact) mass is 259 g/mol. The number of ether oxygens (including phenoxy) is 1. The summed E-state index contributed by atoms with van der Waals surface area (Å²) in [6, 6.07) is 6.09. The van der Waals surface area contributed by atoms with Crippen LogP contribution in [0.3, 0.4) is 0 Å². The number of halogens is 2. The molecule has 0 saturated carbocycles. The van der Waals surface area contributed by atoms with Crippen molar-refractivity contribution in [2.24, 2.45) is 5.92 Å². The quantitative estimate of drug-likeness (QED) is 0.900. The zero-order valence-corrected chi connectivity index (χ0v) is 10.7. The van der Waals surface area contributed by atoms with Crippen LogP contribution in [-0.4, -0.2) is 20.3 Å². The summed E-state index contributed by atoms with van der Waals surface area (Å²) >= 11 is 11.9. The van der Waals surface area contributed by atoms with Gasteiger partial charge in [-0.05, 0) is 31.2 Å². The minimum atomic E-state index is 0.289. The van der Waals surface area contributed by atoms with Crippen LogP contribution in [-0.2, 0) is 4.74 Å². The van der Waals surface area contributed by atoms with E-state index in [2.05, 4.69) is 5.32 Å². The zero-order valence-electron chi connectivity index (χ0n) is 9.17. The second-order valence-corrected chi connectivity index (χ2v) is 4.88. The summed E-state index contributed by atoms with van der Waals surface area (Å²) in [6.45, 7) is 1.66. The lowest BCUT2D eigenvalue weighted by Crippen LogP contribution is -2.25. The third kappa shape index (κ3) is 2.51. The third-order valence-corrected chi connectivity index (χ3v) is 3.79. The van der Waals surface area contributed by atoms with Crippen molar-refractivity contribution in [2.45, 2.75) is 12.5 Å². The first kappa shape index (κ1) is 12.2. The standard InChI is InChI=1S/C12H15Cl2NO/c1-15-12(9-4-5-16-7-9)8-2-3-10(13)11(14)6-8/h2-3,6,9,12,15H,4-5,7H2,1H3. The van der Waals surface area contributed by atoms with Crippen molar-refractivity contribution >= 4 is 23.2 Å². The molecule has 1 aromatic carbocycles. The van der Waals surface area contributed by atoms with Crippen molar-refractivity contribution in [1.82, 2.24) is 5.32 Å². The van der Waals surface area contributed by atoms with Crippen molar-refractivity contribution < 1.29 is 4.74 Å². The fourth-order valence-corrected chi connectivity index (χ4v) is 2.50. The molecule has 88 valence electrons. The lowest BCUT2D eigenvalue weighted by molar-refractivity contribution is 0.178. The van der Waals surface area contributed by atoms with Gasteiger partial charge in [-0.25, -0.2) is 0 Å². The molecule has 0 aliphatic carbocycles. The molecular formula is C12H15Cl2NO. The molecule has 2 unspecified atom stereocenters. The van der Waals surface area contributed by atoms with Crippen LogP contribution >= 0.6 is 23.2 Å². The highest BCUT2D eigenvalue weighted by Gasteiger charge is 2.26. The zero-order chi connectivity index (χ0) is 11.5. The highest BCUT2D eigenvalue weighted by atomic mass is 35.5. The Morgan fingerprint density at radius 2 is 2.19 bits per heavy atom. The van der Waals surface area contributed by atoms with Crippen LogP contribution in [0.1, 0.15) is 18.0 Å². The predicted molar refractivity (Wildman–Crippen MR) is 67.2 cm³/mol. The highest BCUT2D eigenvalue weighted by Crippen LogP contribution is 2.32. The maximum Gasteiger partial charge on any atom is 0.0595 e. The smallest absolute Gasteiger partial charge is 0.0595 e. The van der Waals surface area contributed by atoms with Crippen LogP contribution in [0, 0.1) is 5.92 Å². The summed E-state index contributed by atoms with van der Waals surface area (Å²) in [4.78, 5) is 0. The first-order chi connectivity index (χ1) is 7.72. The molecule has 0 amide bonds. The molecule has 1 saturated heterocycles. The van der Waals surface area contributed by atoms with Crippen molar-refractivity contribution in [3.05, 3.63) is 33.8 Å². The number of rotatable bonds is 3. The Kier molecular flexibility index (Phi) is 4.09. The van der Waals surface area contributed by atoms with E-state index in [1.54, 1.807) is 0 Å². The summed E-state index contributed by atoms with van der Waals surface area (Å²) in [5.41, 5.74) is 1.17. The largest absolute Gasteiger partial charge is 0.381 e. The Hall–Kier alpha value is -0.280. The van der Waals surface area contributed by atoms with Crippen LogP contribution in [0.4, 0.5) is 0 Å². The van der Waals surface area contributed by atoms with Crippen molar-refractivity contribution in [3.63, 3.8) is 0 Å². The Morgan fingerprint density at radius 3 is 2.75 bits per heavy atom. The first-order valence-electron chi connectivity index (χ1n) is 5.42. The van der Waals surface area contributed by atoms with E-state index in [-0.39, 0.29) is 6.04 Å². The van der Waals surface area contributed by atoms with Crippen LogP contribution in [0.5, 0.6) is 0 Å². The number of nitrogens with one attached hydrogen (secondary N) is 1. The molecule has 0 aromatic heterocycles. The van der Waals surface area contributed by atoms with Gasteiger partial charge in [-0.3, -0.25) is 0 Å². The van der Waals surface area contributed by atoms with E-state index < -0.39 is 0 Å². The van der Waals surface area contributed by atoms with E-state index in [1.165, 1.54) is 5.56 Å². The van der Waals surface area contributed by atoms with E-state index >= 15 is 0 Å². The maximum atomic E-state index is 6.03. The molecular weight excluding hydrogens is 245 g/mol. The molecule has 0 bridgehead atoms. The highest BCUT2D eigenvalue weighted by molar-refractivity contribution is 6.42. The maximum absolute atomic E-state index is 6.03. The molecule has 1 heterocycles. The third-order valence-electron chi connectivity index (χ3n) is 3.05. The summed E-state index contributed by atoms with van der Waals surface area (Å²) < 4.78 is 5.42. The molecule has 1 N–H and O–H groups in total. The van der Waals surface area contributed by atoms with E-state index in [1.807, 2.05) is 25.2 Å². The fourth-order valence-electron chi connectivity index (χ4n) is 2.20. The molecule has 1 aromatic rings. The fraction of sp³-hybridized carbons (Fsp3) is 0.500. The van der Waals surface area contributed by atoms with E-state index in [0.717, 1.165) is 19.6 Å². The summed E-state index contributed by atoms with van der Waals surface area (Å²) in [7, 11) is 1.96. The van der Waals surface area contributed by atoms with E-state index in [0.29, 0.717) is 16.0 Å². The van der Waals surface area contributed by atoms with Gasteiger partial charge in [0.25, 0.3) is 0 Å². The Bertz CT molecular complexity index is 364. The molecule has 1 aliphatic heterocycles. The molecule has 0 radical (unpaired) electrons. The van der Waals surface area contributed by atoms with Gasteiger partial charge in [-0.1, -0.05) is 29.3 Å². The Balaban J connectivity index is 2.22. The van der Waals surface area contributed by atoms with E-state index in [9.17, 15) is 0 Å². The molecule has 4 heteroatoms. The summed E-state index contributed by atoms with van der Waals surface area (Å²) in [5, 5.41) is 4.53. The minimum absolute atomic E-state index is 0.289. The topological polar surface area (TPSA) is 21.3 Å². The summed E-state index contributed by atoms with van der Waals surface area (Å²) in [5.74, 6) is 0.516. The Morgan fingerprint density at radius 1 is 1.38 bits per heavy atom. The molecule has 16 heavy (non-hydrogen) atoms. The van der Waals surface area contributed by atoms with Crippen molar-refractivity contribution in [3.8, 4) is 0 Å². The Labute approximate surface area is 106 Å². The average molecular weight is 260 g/mol. The van der Waals surface area contributed by atoms with Gasteiger partial charge in [0.1, 0.15) is 0 Å². The molecule has 2 atom stereocenters. The molecule has 1 aliphatic rings. The second kappa shape index (κ2) is 5.37. The summed E-state index contributed by atoms with van der Waals surface area (Å²) in [6.07, 6.45) is 1.09. The average Bonchev–Trinajstić information content (AvgIpc) is 2.78. The lowest BCUT2D eigenvalue weighted by atomic mass is 9.92. The van der Waals surface area contributed by atoms with Gasteiger partial charge >= 0.3 is 0 Å². The molecule has 2 nitrogen and oxygen atoms in total. The van der Waals surface area contributed by atoms with E-state index in [4.69, 9.17) is 27.9 Å². The molecule has 0 spiro atoms. The van der Waals surface area contributed by atoms with Crippen LogP contribution in [0.25, 0.3) is 0 Å². The van der Waals surface area contributed by atoms with Gasteiger partial charge in [-0.15, -0.1) is 0 Å². The normalized spacial score (nSPS) is 22.3. The van der Waals surface area contributed by atoms with Crippen LogP contribution in [0.2, 0.25) is 10.0 Å². The molecule has 2 rings (SSSR count). The van der Waals surface area contributed by atoms with Crippen LogP contribution < -0.4 is 5.32 Å². The van der Waals surface area contributed by atoms with Crippen molar-refractivity contribution in [2.75, 3.05) is 20.3 Å². The van der Waals surface area contributed by atoms with Gasteiger partial charge in [0.2, 0.25) is 0 Å².